The number of nitrogens with zero attached hydrogens (tertiary/aromatic N) is 1. The molecule has 2 aromatic rings. The number of hydrogen-bond acceptors (Lipinski definition) is 6. The van der Waals surface area contributed by atoms with Gasteiger partial charge in [0.05, 0.1) is 5.69 Å². The summed E-state index contributed by atoms with van der Waals surface area (Å²) in [5.74, 6) is 1.74. The molecule has 31 heavy (non-hydrogen) atoms. The Labute approximate surface area is 179 Å². The second kappa shape index (κ2) is 8.79. The zero-order valence-corrected chi connectivity index (χ0v) is 18.0. The van der Waals surface area contributed by atoms with E-state index in [9.17, 15) is 22.0 Å². The Kier molecular flexibility index (Phi) is 6.51. The van der Waals surface area contributed by atoms with Crippen LogP contribution in [0.2, 0.25) is 0 Å². The van der Waals surface area contributed by atoms with Crippen molar-refractivity contribution in [3.8, 4) is 11.8 Å². The SMILES string of the molecule is CC(CCc1cc(C#CC2CC(F)(F)C2)on1)(C(=O)OCc1ccccc1)S(C)(=O)=O. The van der Waals surface area contributed by atoms with Gasteiger partial charge in [0.2, 0.25) is 5.76 Å². The first kappa shape index (κ1) is 22.9. The lowest BCUT2D eigenvalue weighted by atomic mass is 9.82. The number of carbonyl (C=O) groups excluding carboxylic acids is 1. The van der Waals surface area contributed by atoms with Crippen LogP contribution in [0.15, 0.2) is 40.9 Å². The molecule has 3 rings (SSSR count). The van der Waals surface area contributed by atoms with E-state index in [0.29, 0.717) is 5.69 Å². The normalized spacial score (nSPS) is 17.7. The molecule has 0 saturated heterocycles. The molecule has 0 N–H and O–H groups in total. The minimum absolute atomic E-state index is 0.0330. The number of carbonyl (C=O) groups is 1. The summed E-state index contributed by atoms with van der Waals surface area (Å²) in [5, 5.41) is 3.83. The molecule has 1 atom stereocenters. The molecule has 1 aromatic heterocycles. The van der Waals surface area contributed by atoms with Gasteiger partial charge in [0, 0.05) is 31.1 Å². The third-order valence-corrected chi connectivity index (χ3v) is 7.38. The number of aromatic nitrogens is 1. The van der Waals surface area contributed by atoms with Crippen LogP contribution in [0.3, 0.4) is 0 Å². The maximum atomic E-state index is 12.9. The fourth-order valence-electron chi connectivity index (χ4n) is 3.11. The Bertz CT molecular complexity index is 1090. The van der Waals surface area contributed by atoms with Crippen molar-refractivity contribution in [1.29, 1.82) is 0 Å². The van der Waals surface area contributed by atoms with Crippen LogP contribution in [0.4, 0.5) is 8.78 Å². The summed E-state index contributed by atoms with van der Waals surface area (Å²) in [6, 6.07) is 10.5. The molecular weight excluding hydrogens is 428 g/mol. The van der Waals surface area contributed by atoms with Gasteiger partial charge in [-0.05, 0) is 31.2 Å². The molecule has 0 aliphatic heterocycles. The Morgan fingerprint density at radius 3 is 2.61 bits per heavy atom. The second-order valence-corrected chi connectivity index (χ2v) is 10.4. The molecule has 0 radical (unpaired) electrons. The highest BCUT2D eigenvalue weighted by molar-refractivity contribution is 7.92. The molecule has 1 aliphatic rings. The largest absolute Gasteiger partial charge is 0.460 e. The summed E-state index contributed by atoms with van der Waals surface area (Å²) in [5.41, 5.74) is 1.16. The molecular formula is C22H23F2NO5S. The van der Waals surface area contributed by atoms with Gasteiger partial charge in [-0.2, -0.15) is 0 Å². The average molecular weight is 451 g/mol. The van der Waals surface area contributed by atoms with Gasteiger partial charge in [0.25, 0.3) is 5.92 Å². The highest BCUT2D eigenvalue weighted by Crippen LogP contribution is 2.41. The maximum absolute atomic E-state index is 12.9. The van der Waals surface area contributed by atoms with Crippen molar-refractivity contribution in [3.05, 3.63) is 53.4 Å². The summed E-state index contributed by atoms with van der Waals surface area (Å²) in [7, 11) is -3.79. The molecule has 6 nitrogen and oxygen atoms in total. The average Bonchev–Trinajstić information content (AvgIpc) is 3.14. The fourth-order valence-corrected chi connectivity index (χ4v) is 3.94. The van der Waals surface area contributed by atoms with Crippen LogP contribution >= 0.6 is 0 Å². The second-order valence-electron chi connectivity index (χ2n) is 7.98. The number of halogens is 2. The van der Waals surface area contributed by atoms with Crippen LogP contribution < -0.4 is 0 Å². The number of benzene rings is 1. The lowest BCUT2D eigenvalue weighted by Crippen LogP contribution is -2.44. The van der Waals surface area contributed by atoms with E-state index >= 15 is 0 Å². The highest BCUT2D eigenvalue weighted by atomic mass is 32.2. The predicted molar refractivity (Wildman–Crippen MR) is 109 cm³/mol. The fraction of sp³-hybridized carbons (Fsp3) is 0.455. The standard InChI is InChI=1S/C22H23F2NO5S/c1-21(31(2,27)28,20(26)29-15-16-6-4-3-5-7-16)11-10-18-12-19(30-25-18)9-8-17-13-22(23,24)14-17/h3-7,12,17H,10-11,13-15H2,1-2H3. The molecule has 1 aliphatic carbocycles. The lowest BCUT2D eigenvalue weighted by Gasteiger charge is -2.30. The molecule has 0 bridgehead atoms. The Hall–Kier alpha value is -2.73. The number of alkyl halides is 2. The molecule has 1 fully saturated rings. The molecule has 0 amide bonds. The van der Waals surface area contributed by atoms with Crippen molar-refractivity contribution in [2.45, 2.75) is 49.9 Å². The zero-order chi connectivity index (χ0) is 22.7. The molecule has 1 saturated carbocycles. The molecule has 9 heteroatoms. The minimum atomic E-state index is -3.79. The van der Waals surface area contributed by atoms with E-state index < -0.39 is 26.5 Å². The number of ether oxygens (including phenoxy) is 1. The van der Waals surface area contributed by atoms with Gasteiger partial charge in [0.1, 0.15) is 6.61 Å². The molecule has 166 valence electrons. The van der Waals surface area contributed by atoms with Crippen LogP contribution in [0.1, 0.15) is 43.2 Å². The van der Waals surface area contributed by atoms with Crippen LogP contribution in [-0.2, 0) is 32.4 Å². The van der Waals surface area contributed by atoms with E-state index in [1.807, 2.05) is 6.07 Å². The van der Waals surface area contributed by atoms with Crippen molar-refractivity contribution in [2.75, 3.05) is 6.26 Å². The zero-order valence-electron chi connectivity index (χ0n) is 17.2. The topological polar surface area (TPSA) is 86.5 Å². The van der Waals surface area contributed by atoms with Crippen molar-refractivity contribution >= 4 is 15.8 Å². The first-order chi connectivity index (χ1) is 14.5. The summed E-state index contributed by atoms with van der Waals surface area (Å²) in [6.45, 7) is 1.29. The van der Waals surface area contributed by atoms with E-state index in [1.165, 1.54) is 13.0 Å². The Balaban J connectivity index is 1.62. The van der Waals surface area contributed by atoms with Crippen LogP contribution in [-0.4, -0.2) is 36.5 Å². The van der Waals surface area contributed by atoms with E-state index in [0.717, 1.165) is 11.8 Å². The Morgan fingerprint density at radius 1 is 1.32 bits per heavy atom. The molecule has 1 heterocycles. The van der Waals surface area contributed by atoms with E-state index in [2.05, 4.69) is 17.0 Å². The van der Waals surface area contributed by atoms with Gasteiger partial charge in [-0.1, -0.05) is 41.4 Å². The summed E-state index contributed by atoms with van der Waals surface area (Å²) < 4.78 is 59.0. The van der Waals surface area contributed by atoms with Gasteiger partial charge in [-0.25, -0.2) is 17.2 Å². The van der Waals surface area contributed by atoms with Gasteiger partial charge in [0.15, 0.2) is 14.6 Å². The monoisotopic (exact) mass is 451 g/mol. The van der Waals surface area contributed by atoms with Gasteiger partial charge < -0.3 is 9.26 Å². The molecule has 1 unspecified atom stereocenters. The summed E-state index contributed by atoms with van der Waals surface area (Å²) >= 11 is 0. The third-order valence-electron chi connectivity index (χ3n) is 5.37. The Morgan fingerprint density at radius 2 is 2.00 bits per heavy atom. The summed E-state index contributed by atoms with van der Waals surface area (Å²) in [6.07, 6.45) is 0.535. The van der Waals surface area contributed by atoms with E-state index in [-0.39, 0.29) is 44.0 Å². The van der Waals surface area contributed by atoms with Crippen LogP contribution in [0.5, 0.6) is 0 Å². The number of rotatable bonds is 7. The number of aryl methyl sites for hydroxylation is 1. The first-order valence-corrected chi connectivity index (χ1v) is 11.6. The smallest absolute Gasteiger partial charge is 0.327 e. The number of esters is 1. The molecule has 0 spiro atoms. The highest BCUT2D eigenvalue weighted by Gasteiger charge is 2.45. The number of sulfone groups is 1. The lowest BCUT2D eigenvalue weighted by molar-refractivity contribution is -0.147. The van der Waals surface area contributed by atoms with Crippen LogP contribution in [0.25, 0.3) is 0 Å². The first-order valence-electron chi connectivity index (χ1n) is 9.74. The van der Waals surface area contributed by atoms with Crippen molar-refractivity contribution in [2.24, 2.45) is 5.92 Å². The van der Waals surface area contributed by atoms with Gasteiger partial charge >= 0.3 is 5.97 Å². The summed E-state index contributed by atoms with van der Waals surface area (Å²) in [4.78, 5) is 12.7. The minimum Gasteiger partial charge on any atom is -0.460 e. The quantitative estimate of drug-likeness (QED) is 0.473. The third kappa shape index (κ3) is 5.70. The number of hydrogen-bond donors (Lipinski definition) is 0. The van der Waals surface area contributed by atoms with Crippen molar-refractivity contribution in [1.82, 2.24) is 5.16 Å². The van der Waals surface area contributed by atoms with Crippen molar-refractivity contribution < 1.29 is 31.3 Å². The van der Waals surface area contributed by atoms with Gasteiger partial charge in [-0.15, -0.1) is 0 Å². The van der Waals surface area contributed by atoms with E-state index in [4.69, 9.17) is 9.26 Å². The predicted octanol–water partition coefficient (Wildman–Crippen LogP) is 3.55. The molecule has 1 aromatic carbocycles. The van der Waals surface area contributed by atoms with E-state index in [1.54, 1.807) is 24.3 Å². The van der Waals surface area contributed by atoms with Crippen LogP contribution in [0, 0.1) is 17.8 Å². The maximum Gasteiger partial charge on any atom is 0.327 e. The van der Waals surface area contributed by atoms with Gasteiger partial charge in [-0.3, -0.25) is 4.79 Å². The van der Waals surface area contributed by atoms with Crippen molar-refractivity contribution in [3.63, 3.8) is 0 Å².